The highest BCUT2D eigenvalue weighted by atomic mass is 16.1. The molecular weight excluding hydrogens is 342 g/mol. The third kappa shape index (κ3) is 3.02. The number of nitrogens with one attached hydrogen (secondary N) is 1. The van der Waals surface area contributed by atoms with Crippen LogP contribution in [0.25, 0.3) is 28.2 Å². The van der Waals surface area contributed by atoms with Crippen molar-refractivity contribution in [2.45, 2.75) is 0 Å². The zero-order valence-corrected chi connectivity index (χ0v) is 14.2. The van der Waals surface area contributed by atoms with E-state index < -0.39 is 5.91 Å². The number of hydrogen-bond donors (Lipinski definition) is 2. The molecule has 2 aromatic heterocycles. The molecule has 0 fully saturated rings. The van der Waals surface area contributed by atoms with Gasteiger partial charge in [0.2, 0.25) is 11.3 Å². The second-order valence-corrected chi connectivity index (χ2v) is 5.88. The molecule has 132 valence electrons. The molecule has 0 aliphatic carbocycles. The summed E-state index contributed by atoms with van der Waals surface area (Å²) in [4.78, 5) is 24.3. The monoisotopic (exact) mass is 357 g/mol. The van der Waals surface area contributed by atoms with Gasteiger partial charge in [0, 0.05) is 17.3 Å². The van der Waals surface area contributed by atoms with Crippen molar-refractivity contribution >= 4 is 5.91 Å². The number of primary amides is 1. The molecule has 0 unspecified atom stereocenters. The van der Waals surface area contributed by atoms with Crippen molar-refractivity contribution in [1.29, 1.82) is 0 Å². The van der Waals surface area contributed by atoms with Gasteiger partial charge in [-0.05, 0) is 35.9 Å². The summed E-state index contributed by atoms with van der Waals surface area (Å²) in [6.07, 6.45) is 3.16. The topological polar surface area (TPSA) is 107 Å². The fraction of sp³-hybridized carbons (Fsp3) is 0. The van der Waals surface area contributed by atoms with Crippen molar-refractivity contribution in [3.8, 4) is 28.2 Å². The largest absolute Gasteiger partial charge is 0.366 e. The first-order valence-electron chi connectivity index (χ1n) is 8.23. The summed E-state index contributed by atoms with van der Waals surface area (Å²) in [7, 11) is 0. The first-order chi connectivity index (χ1) is 13.1. The minimum Gasteiger partial charge on any atom is -0.366 e. The van der Waals surface area contributed by atoms with Crippen LogP contribution >= 0.6 is 0 Å². The van der Waals surface area contributed by atoms with E-state index in [0.29, 0.717) is 22.4 Å². The van der Waals surface area contributed by atoms with Crippen molar-refractivity contribution in [2.24, 2.45) is 5.73 Å². The molecule has 0 radical (unpaired) electrons. The molecule has 0 saturated carbocycles. The molecule has 0 spiro atoms. The van der Waals surface area contributed by atoms with Crippen molar-refractivity contribution < 1.29 is 4.79 Å². The Morgan fingerprint density at radius 1 is 1.00 bits per heavy atom. The van der Waals surface area contributed by atoms with Crippen molar-refractivity contribution in [3.05, 3.63) is 88.8 Å². The molecule has 0 aliphatic rings. The molecule has 4 rings (SSSR count). The second-order valence-electron chi connectivity index (χ2n) is 5.88. The van der Waals surface area contributed by atoms with Gasteiger partial charge < -0.3 is 5.73 Å². The van der Waals surface area contributed by atoms with Crippen molar-refractivity contribution in [1.82, 2.24) is 20.0 Å². The molecule has 1 amide bonds. The van der Waals surface area contributed by atoms with E-state index in [0.717, 1.165) is 5.69 Å². The maximum absolute atomic E-state index is 13.1. The average Bonchev–Trinajstić information content (AvgIpc) is 3.18. The number of carbonyl (C=O) groups is 1. The highest BCUT2D eigenvalue weighted by Crippen LogP contribution is 2.21. The normalized spacial score (nSPS) is 10.7. The van der Waals surface area contributed by atoms with Crippen LogP contribution in [-0.4, -0.2) is 25.9 Å². The number of aromatic nitrogens is 4. The first kappa shape index (κ1) is 16.5. The third-order valence-electron chi connectivity index (χ3n) is 4.21. The summed E-state index contributed by atoms with van der Waals surface area (Å²) in [5, 5.41) is 11.3. The summed E-state index contributed by atoms with van der Waals surface area (Å²) in [6, 6.07) is 17.8. The Balaban J connectivity index is 1.82. The predicted molar refractivity (Wildman–Crippen MR) is 101 cm³/mol. The summed E-state index contributed by atoms with van der Waals surface area (Å²) in [6.45, 7) is 0. The van der Waals surface area contributed by atoms with Gasteiger partial charge in [-0.25, -0.2) is 4.68 Å². The van der Waals surface area contributed by atoms with Gasteiger partial charge in [-0.1, -0.05) is 30.3 Å². The molecule has 7 nitrogen and oxygen atoms in total. The van der Waals surface area contributed by atoms with Crippen LogP contribution in [0.4, 0.5) is 0 Å². The standard InChI is InChI=1S/C20H15N5O2/c21-20(27)14-8-6-13(7-9-14)16-12-22-24-18(19(16)26)17-10-11-23-25(17)15-4-2-1-3-5-15/h1-12H,(H2,21,27)(H,22,26). The smallest absolute Gasteiger partial charge is 0.248 e. The lowest BCUT2D eigenvalue weighted by molar-refractivity contribution is 0.100. The molecule has 27 heavy (non-hydrogen) atoms. The predicted octanol–water partition coefficient (Wildman–Crippen LogP) is 2.39. The molecule has 0 bridgehead atoms. The van der Waals surface area contributed by atoms with Gasteiger partial charge in [-0.2, -0.15) is 10.2 Å². The number of para-hydroxylation sites is 1. The minimum atomic E-state index is -0.516. The fourth-order valence-electron chi connectivity index (χ4n) is 2.86. The summed E-state index contributed by atoms with van der Waals surface area (Å²) >= 11 is 0. The van der Waals surface area contributed by atoms with E-state index in [1.807, 2.05) is 30.3 Å². The number of amides is 1. The Hall–Kier alpha value is -4.00. The summed E-state index contributed by atoms with van der Waals surface area (Å²) in [5.74, 6) is -0.516. The molecule has 2 aromatic carbocycles. The summed E-state index contributed by atoms with van der Waals surface area (Å²) < 4.78 is 1.66. The lowest BCUT2D eigenvalue weighted by atomic mass is 10.0. The first-order valence-corrected chi connectivity index (χ1v) is 8.23. The van der Waals surface area contributed by atoms with E-state index in [4.69, 9.17) is 5.73 Å². The van der Waals surface area contributed by atoms with Crippen LogP contribution < -0.4 is 11.2 Å². The number of H-pyrrole nitrogens is 1. The van der Waals surface area contributed by atoms with Crippen LogP contribution in [0.15, 0.2) is 77.9 Å². The van der Waals surface area contributed by atoms with Crippen LogP contribution in [0.3, 0.4) is 0 Å². The number of carbonyl (C=O) groups excluding carboxylic acids is 1. The quantitative estimate of drug-likeness (QED) is 0.585. The molecule has 7 heteroatoms. The van der Waals surface area contributed by atoms with E-state index in [1.165, 1.54) is 6.20 Å². The Labute approximate surface area is 154 Å². The van der Waals surface area contributed by atoms with Crippen LogP contribution in [-0.2, 0) is 0 Å². The van der Waals surface area contributed by atoms with Gasteiger partial charge in [-0.15, -0.1) is 0 Å². The van der Waals surface area contributed by atoms with E-state index >= 15 is 0 Å². The Bertz CT molecular complexity index is 1160. The van der Waals surface area contributed by atoms with E-state index in [9.17, 15) is 9.59 Å². The number of hydrogen-bond acceptors (Lipinski definition) is 4. The van der Waals surface area contributed by atoms with Gasteiger partial charge in [0.1, 0.15) is 0 Å². The average molecular weight is 357 g/mol. The van der Waals surface area contributed by atoms with E-state index in [1.54, 1.807) is 41.2 Å². The molecular formula is C20H15N5O2. The Morgan fingerprint density at radius 2 is 1.74 bits per heavy atom. The number of nitrogens with zero attached hydrogens (tertiary/aromatic N) is 3. The summed E-state index contributed by atoms with van der Waals surface area (Å²) in [5.41, 5.74) is 8.18. The van der Waals surface area contributed by atoms with Crippen LogP contribution in [0.5, 0.6) is 0 Å². The van der Waals surface area contributed by atoms with Gasteiger partial charge in [0.05, 0.1) is 17.6 Å². The highest BCUT2D eigenvalue weighted by Gasteiger charge is 2.16. The van der Waals surface area contributed by atoms with Gasteiger partial charge >= 0.3 is 0 Å². The molecule has 4 aromatic rings. The molecule has 3 N–H and O–H groups in total. The van der Waals surface area contributed by atoms with Crippen LogP contribution in [0.1, 0.15) is 10.4 Å². The fourth-order valence-corrected chi connectivity index (χ4v) is 2.86. The number of aromatic amines is 1. The lowest BCUT2D eigenvalue weighted by Gasteiger charge is -2.08. The zero-order valence-electron chi connectivity index (χ0n) is 14.2. The van der Waals surface area contributed by atoms with E-state index in [-0.39, 0.29) is 11.1 Å². The van der Waals surface area contributed by atoms with Crippen LogP contribution in [0, 0.1) is 0 Å². The number of nitrogens with two attached hydrogens (primary N) is 1. The Morgan fingerprint density at radius 3 is 2.44 bits per heavy atom. The highest BCUT2D eigenvalue weighted by molar-refractivity contribution is 5.93. The number of rotatable bonds is 4. The van der Waals surface area contributed by atoms with E-state index in [2.05, 4.69) is 15.3 Å². The van der Waals surface area contributed by atoms with Crippen molar-refractivity contribution in [3.63, 3.8) is 0 Å². The lowest BCUT2D eigenvalue weighted by Crippen LogP contribution is -2.14. The minimum absolute atomic E-state index is 0.238. The number of benzene rings is 2. The third-order valence-corrected chi connectivity index (χ3v) is 4.21. The molecule has 0 aliphatic heterocycles. The van der Waals surface area contributed by atoms with Crippen molar-refractivity contribution in [2.75, 3.05) is 0 Å². The van der Waals surface area contributed by atoms with Gasteiger partial charge in [-0.3, -0.25) is 14.7 Å². The molecule has 0 atom stereocenters. The molecule has 0 saturated heterocycles. The second kappa shape index (κ2) is 6.72. The van der Waals surface area contributed by atoms with Crippen LogP contribution in [0.2, 0.25) is 0 Å². The SMILES string of the molecule is NC(=O)c1ccc(-c2c[nH]nc(-c3ccnn3-c3ccccc3)c2=O)cc1. The maximum Gasteiger partial charge on any atom is 0.248 e. The zero-order chi connectivity index (χ0) is 18.8. The van der Waals surface area contributed by atoms with Gasteiger partial charge in [0.15, 0.2) is 5.69 Å². The van der Waals surface area contributed by atoms with Gasteiger partial charge in [0.25, 0.3) is 0 Å². The Kier molecular flexibility index (Phi) is 4.10. The molecule has 2 heterocycles. The maximum atomic E-state index is 13.1.